The summed E-state index contributed by atoms with van der Waals surface area (Å²) in [6.45, 7) is 3.48. The number of fused-ring (bicyclic) bond motifs is 1. The van der Waals surface area contributed by atoms with Crippen LogP contribution in [0.15, 0.2) is 29.8 Å². The number of nitrogens with one attached hydrogen (secondary N) is 2. The fourth-order valence-electron chi connectivity index (χ4n) is 2.49. The Morgan fingerprint density at radius 2 is 2.41 bits per heavy atom. The monoisotopic (exact) mass is 317 g/mol. The van der Waals surface area contributed by atoms with Crippen molar-refractivity contribution in [1.82, 2.24) is 10.3 Å². The van der Waals surface area contributed by atoms with Gasteiger partial charge in [0.05, 0.1) is 0 Å². The third-order valence-electron chi connectivity index (χ3n) is 3.50. The van der Waals surface area contributed by atoms with Crippen LogP contribution in [0, 0.1) is 0 Å². The van der Waals surface area contributed by atoms with E-state index in [9.17, 15) is 4.79 Å². The zero-order valence-corrected chi connectivity index (χ0v) is 13.3. The summed E-state index contributed by atoms with van der Waals surface area (Å²) in [5, 5.41) is 8.56. The number of aromatic nitrogens is 1. The van der Waals surface area contributed by atoms with Gasteiger partial charge in [0, 0.05) is 37.5 Å². The molecule has 0 fully saturated rings. The first-order chi connectivity index (χ1) is 10.7. The molecule has 0 saturated heterocycles. The number of nitrogens with zero attached hydrogens (tertiary/aromatic N) is 1. The van der Waals surface area contributed by atoms with Gasteiger partial charge in [-0.2, -0.15) is 0 Å². The predicted octanol–water partition coefficient (Wildman–Crippen LogP) is 2.58. The zero-order valence-electron chi connectivity index (χ0n) is 12.5. The molecule has 0 bridgehead atoms. The average Bonchev–Trinajstić information content (AvgIpc) is 3.11. The highest BCUT2D eigenvalue weighted by atomic mass is 32.1. The second-order valence-corrected chi connectivity index (χ2v) is 6.28. The quantitative estimate of drug-likeness (QED) is 0.804. The van der Waals surface area contributed by atoms with Gasteiger partial charge in [-0.05, 0) is 24.1 Å². The minimum atomic E-state index is -0.0152. The van der Waals surface area contributed by atoms with Crippen molar-refractivity contribution in [1.29, 1.82) is 0 Å². The van der Waals surface area contributed by atoms with E-state index in [0.29, 0.717) is 18.1 Å². The molecule has 0 unspecified atom stereocenters. The van der Waals surface area contributed by atoms with Gasteiger partial charge in [-0.15, -0.1) is 11.3 Å². The van der Waals surface area contributed by atoms with Crippen molar-refractivity contribution in [3.05, 3.63) is 40.9 Å². The lowest BCUT2D eigenvalue weighted by Gasteiger charge is -2.06. The summed E-state index contributed by atoms with van der Waals surface area (Å²) in [6, 6.07) is 6.28. The molecule has 0 saturated carbocycles. The Kier molecular flexibility index (Phi) is 4.70. The van der Waals surface area contributed by atoms with Crippen LogP contribution in [0.5, 0.6) is 5.75 Å². The fourth-order valence-corrected chi connectivity index (χ4v) is 3.03. The maximum absolute atomic E-state index is 11.7. The standard InChI is InChI=1S/C16H19N3O2S/c1-11-8-13-9-12(2-3-14(13)21-11)10-17-5-4-15(20)19-16-18-6-7-22-16/h2-3,6-7,9,11,17H,4-5,8,10H2,1H3,(H,18,19,20)/t11-/m1/s1. The molecule has 1 aromatic heterocycles. The van der Waals surface area contributed by atoms with Crippen LogP contribution in [0.4, 0.5) is 5.13 Å². The molecular weight excluding hydrogens is 298 g/mol. The van der Waals surface area contributed by atoms with Gasteiger partial charge < -0.3 is 15.4 Å². The number of hydrogen-bond donors (Lipinski definition) is 2. The van der Waals surface area contributed by atoms with Crippen molar-refractivity contribution in [2.24, 2.45) is 0 Å². The van der Waals surface area contributed by atoms with Crippen molar-refractivity contribution in [3.63, 3.8) is 0 Å². The minimum absolute atomic E-state index is 0.0152. The van der Waals surface area contributed by atoms with Gasteiger partial charge in [0.25, 0.3) is 0 Å². The Balaban J connectivity index is 1.40. The number of thiazole rings is 1. The predicted molar refractivity (Wildman–Crippen MR) is 87.3 cm³/mol. The van der Waals surface area contributed by atoms with E-state index in [1.165, 1.54) is 22.5 Å². The lowest BCUT2D eigenvalue weighted by Crippen LogP contribution is -2.21. The van der Waals surface area contributed by atoms with Gasteiger partial charge in [0.1, 0.15) is 11.9 Å². The molecule has 2 N–H and O–H groups in total. The molecule has 1 aromatic carbocycles. The van der Waals surface area contributed by atoms with Crippen LogP contribution in [0.25, 0.3) is 0 Å². The second-order valence-electron chi connectivity index (χ2n) is 5.39. The van der Waals surface area contributed by atoms with Crippen LogP contribution in [0.1, 0.15) is 24.5 Å². The molecule has 3 rings (SSSR count). The smallest absolute Gasteiger partial charge is 0.227 e. The molecule has 1 aliphatic heterocycles. The number of hydrogen-bond acceptors (Lipinski definition) is 5. The van der Waals surface area contributed by atoms with Crippen LogP contribution in [-0.2, 0) is 17.8 Å². The van der Waals surface area contributed by atoms with Gasteiger partial charge in [0.2, 0.25) is 5.91 Å². The van der Waals surface area contributed by atoms with Crippen LogP contribution in [-0.4, -0.2) is 23.5 Å². The number of ether oxygens (including phenoxy) is 1. The highest BCUT2D eigenvalue weighted by molar-refractivity contribution is 7.13. The number of amides is 1. The number of anilines is 1. The summed E-state index contributed by atoms with van der Waals surface area (Å²) in [5.41, 5.74) is 2.49. The van der Waals surface area contributed by atoms with E-state index < -0.39 is 0 Å². The largest absolute Gasteiger partial charge is 0.490 e. The molecule has 2 aromatic rings. The first-order valence-corrected chi connectivity index (χ1v) is 8.27. The summed E-state index contributed by atoms with van der Waals surface area (Å²) in [6.07, 6.45) is 3.36. The van der Waals surface area contributed by atoms with E-state index in [0.717, 1.165) is 18.7 Å². The molecule has 1 atom stereocenters. The van der Waals surface area contributed by atoms with E-state index in [-0.39, 0.29) is 12.0 Å². The highest BCUT2D eigenvalue weighted by Gasteiger charge is 2.18. The molecule has 1 amide bonds. The molecule has 6 heteroatoms. The van der Waals surface area contributed by atoms with E-state index in [2.05, 4.69) is 34.7 Å². The Morgan fingerprint density at radius 1 is 1.50 bits per heavy atom. The summed E-state index contributed by atoms with van der Waals surface area (Å²) in [7, 11) is 0. The topological polar surface area (TPSA) is 63.2 Å². The van der Waals surface area contributed by atoms with E-state index in [1.54, 1.807) is 6.20 Å². The Hall–Kier alpha value is -1.92. The van der Waals surface area contributed by atoms with E-state index >= 15 is 0 Å². The third-order valence-corrected chi connectivity index (χ3v) is 4.19. The molecule has 1 aliphatic rings. The first kappa shape index (κ1) is 15.0. The van der Waals surface area contributed by atoms with Crippen LogP contribution < -0.4 is 15.4 Å². The minimum Gasteiger partial charge on any atom is -0.490 e. The summed E-state index contributed by atoms with van der Waals surface area (Å²) in [5.74, 6) is 0.984. The molecule has 5 nitrogen and oxygen atoms in total. The number of benzene rings is 1. The van der Waals surface area contributed by atoms with Crippen LogP contribution in [0.2, 0.25) is 0 Å². The number of carbonyl (C=O) groups is 1. The van der Waals surface area contributed by atoms with Crippen molar-refractivity contribution in [2.75, 3.05) is 11.9 Å². The molecule has 22 heavy (non-hydrogen) atoms. The summed E-state index contributed by atoms with van der Waals surface area (Å²) < 4.78 is 5.69. The number of rotatable bonds is 6. The SMILES string of the molecule is C[C@@H]1Cc2cc(CNCCC(=O)Nc3nccs3)ccc2O1. The van der Waals surface area contributed by atoms with Gasteiger partial charge in [0.15, 0.2) is 5.13 Å². The lowest BCUT2D eigenvalue weighted by atomic mass is 10.1. The Labute approximate surface area is 133 Å². The van der Waals surface area contributed by atoms with Crippen molar-refractivity contribution in [3.8, 4) is 5.75 Å². The number of carbonyl (C=O) groups excluding carboxylic acids is 1. The van der Waals surface area contributed by atoms with Gasteiger partial charge in [-0.25, -0.2) is 4.98 Å². The summed E-state index contributed by atoms with van der Waals surface area (Å²) >= 11 is 1.42. The molecule has 2 heterocycles. The highest BCUT2D eigenvalue weighted by Crippen LogP contribution is 2.29. The van der Waals surface area contributed by atoms with Crippen molar-refractivity contribution >= 4 is 22.4 Å². The third kappa shape index (κ3) is 3.84. The molecule has 0 spiro atoms. The zero-order chi connectivity index (χ0) is 15.4. The van der Waals surface area contributed by atoms with E-state index in [4.69, 9.17) is 4.74 Å². The maximum atomic E-state index is 11.7. The second kappa shape index (κ2) is 6.89. The molecule has 0 aliphatic carbocycles. The molecule has 116 valence electrons. The van der Waals surface area contributed by atoms with E-state index in [1.807, 2.05) is 11.4 Å². The fraction of sp³-hybridized carbons (Fsp3) is 0.375. The van der Waals surface area contributed by atoms with Crippen LogP contribution in [0.3, 0.4) is 0 Å². The van der Waals surface area contributed by atoms with Gasteiger partial charge >= 0.3 is 0 Å². The average molecular weight is 317 g/mol. The van der Waals surface area contributed by atoms with Gasteiger partial charge in [-0.1, -0.05) is 12.1 Å². The van der Waals surface area contributed by atoms with Crippen molar-refractivity contribution < 1.29 is 9.53 Å². The maximum Gasteiger partial charge on any atom is 0.227 e. The molecule has 0 radical (unpaired) electrons. The first-order valence-electron chi connectivity index (χ1n) is 7.39. The Morgan fingerprint density at radius 3 is 3.23 bits per heavy atom. The normalized spacial score (nSPS) is 16.1. The Bertz CT molecular complexity index is 643. The molecular formula is C16H19N3O2S. The van der Waals surface area contributed by atoms with Gasteiger partial charge in [-0.3, -0.25) is 4.79 Å². The summed E-state index contributed by atoms with van der Waals surface area (Å²) in [4.78, 5) is 15.7. The van der Waals surface area contributed by atoms with Crippen molar-refractivity contribution in [2.45, 2.75) is 32.4 Å². The van der Waals surface area contributed by atoms with Crippen LogP contribution >= 0.6 is 11.3 Å². The lowest BCUT2D eigenvalue weighted by molar-refractivity contribution is -0.116.